The van der Waals surface area contributed by atoms with E-state index in [-0.39, 0.29) is 30.7 Å². The van der Waals surface area contributed by atoms with Crippen molar-refractivity contribution in [3.8, 4) is 0 Å². The lowest BCUT2D eigenvalue weighted by molar-refractivity contribution is -0.141. The molecule has 1 aliphatic heterocycles. The van der Waals surface area contributed by atoms with Crippen LogP contribution in [0.1, 0.15) is 32.1 Å². The molecule has 2 atom stereocenters. The van der Waals surface area contributed by atoms with Crippen molar-refractivity contribution in [2.45, 2.75) is 38.1 Å². The Kier molecular flexibility index (Phi) is 8.74. The van der Waals surface area contributed by atoms with Crippen molar-refractivity contribution in [2.75, 3.05) is 26.7 Å². The molecule has 0 bridgehead atoms. The topological polar surface area (TPSA) is 117 Å². The molecule has 2 amide bonds. The monoisotopic (exact) mass is 391 g/mol. The number of allylic oxidation sites excluding steroid dienone is 5. The van der Waals surface area contributed by atoms with Crippen LogP contribution in [0, 0.1) is 5.92 Å². The van der Waals surface area contributed by atoms with Gasteiger partial charge in [-0.15, -0.1) is 0 Å². The number of ether oxygens (including phenoxy) is 1. The number of piperidine rings is 1. The lowest BCUT2D eigenvalue weighted by atomic mass is 9.99. The summed E-state index contributed by atoms with van der Waals surface area (Å²) in [7, 11) is 1.60. The maximum Gasteiger partial charge on any atom is 0.328 e. The maximum absolute atomic E-state index is 12.2. The van der Waals surface area contributed by atoms with Crippen molar-refractivity contribution in [1.82, 2.24) is 16.0 Å². The van der Waals surface area contributed by atoms with E-state index in [1.54, 1.807) is 7.11 Å². The molecule has 2 rings (SSSR count). The minimum absolute atomic E-state index is 0.123. The zero-order chi connectivity index (χ0) is 20.4. The molecule has 0 radical (unpaired) electrons. The van der Waals surface area contributed by atoms with E-state index in [4.69, 9.17) is 4.74 Å². The molecule has 8 nitrogen and oxygen atoms in total. The highest BCUT2D eigenvalue weighted by Crippen LogP contribution is 2.16. The molecule has 0 aromatic heterocycles. The molecule has 1 saturated heterocycles. The standard InChI is InChI=1S/C20H29N3O5/c1-28-16-6-2-4-14(7-9-16)8-10-18(24)23-17(20(26)27)13-22-19(25)15-5-3-11-21-12-15/h2,6-7,9,15,17,21H,3-5,8,10-13H2,1H3,(H,22,25)(H,23,24)(H,26,27)/t15-,17-/m1/s1. The Bertz CT molecular complexity index is 663. The van der Waals surface area contributed by atoms with Gasteiger partial charge in [0, 0.05) is 19.5 Å². The number of amides is 2. The number of carbonyl (C=O) groups excluding carboxylic acids is 2. The summed E-state index contributed by atoms with van der Waals surface area (Å²) in [6.07, 6.45) is 10.7. The predicted molar refractivity (Wildman–Crippen MR) is 104 cm³/mol. The van der Waals surface area contributed by atoms with Crippen molar-refractivity contribution < 1.29 is 24.2 Å². The highest BCUT2D eigenvalue weighted by molar-refractivity contribution is 5.85. The van der Waals surface area contributed by atoms with Crippen LogP contribution in [0.4, 0.5) is 0 Å². The van der Waals surface area contributed by atoms with Gasteiger partial charge in [-0.25, -0.2) is 4.79 Å². The van der Waals surface area contributed by atoms with Crippen LogP contribution in [-0.2, 0) is 19.1 Å². The molecule has 0 aromatic carbocycles. The van der Waals surface area contributed by atoms with Gasteiger partial charge in [-0.3, -0.25) is 9.59 Å². The number of carboxylic acids is 1. The Morgan fingerprint density at radius 1 is 1.36 bits per heavy atom. The summed E-state index contributed by atoms with van der Waals surface area (Å²) < 4.78 is 5.16. The molecule has 8 heteroatoms. The van der Waals surface area contributed by atoms with Crippen LogP contribution in [0.5, 0.6) is 0 Å². The molecule has 0 unspecified atom stereocenters. The van der Waals surface area contributed by atoms with Crippen molar-refractivity contribution in [3.05, 3.63) is 35.6 Å². The number of hydrogen-bond acceptors (Lipinski definition) is 5. The van der Waals surface area contributed by atoms with Crippen LogP contribution in [0.15, 0.2) is 35.6 Å². The Hall–Kier alpha value is -2.61. The van der Waals surface area contributed by atoms with E-state index >= 15 is 0 Å². The second kappa shape index (κ2) is 11.3. The molecular weight excluding hydrogens is 362 g/mol. The summed E-state index contributed by atoms with van der Waals surface area (Å²) in [5, 5.41) is 17.6. The first-order valence-corrected chi connectivity index (χ1v) is 9.60. The predicted octanol–water partition coefficient (Wildman–Crippen LogP) is 0.868. The first-order chi connectivity index (χ1) is 13.5. The Morgan fingerprint density at radius 3 is 2.86 bits per heavy atom. The molecule has 28 heavy (non-hydrogen) atoms. The van der Waals surface area contributed by atoms with Gasteiger partial charge >= 0.3 is 5.97 Å². The normalized spacial score (nSPS) is 20.2. The quantitative estimate of drug-likeness (QED) is 0.463. The Labute approximate surface area is 165 Å². The zero-order valence-electron chi connectivity index (χ0n) is 16.2. The van der Waals surface area contributed by atoms with Crippen LogP contribution < -0.4 is 16.0 Å². The second-order valence-corrected chi connectivity index (χ2v) is 6.95. The molecule has 1 fully saturated rings. The molecule has 0 spiro atoms. The fourth-order valence-electron chi connectivity index (χ4n) is 3.13. The highest BCUT2D eigenvalue weighted by atomic mass is 16.5. The Balaban J connectivity index is 1.78. The van der Waals surface area contributed by atoms with Gasteiger partial charge < -0.3 is 25.8 Å². The summed E-state index contributed by atoms with van der Waals surface area (Å²) in [6, 6.07) is -1.14. The largest absolute Gasteiger partial charge is 0.497 e. The van der Waals surface area contributed by atoms with Gasteiger partial charge in [0.2, 0.25) is 11.8 Å². The molecule has 4 N–H and O–H groups in total. The number of rotatable bonds is 9. The van der Waals surface area contributed by atoms with E-state index < -0.39 is 12.0 Å². The smallest absolute Gasteiger partial charge is 0.328 e. The first-order valence-electron chi connectivity index (χ1n) is 9.60. The molecule has 0 saturated carbocycles. The van der Waals surface area contributed by atoms with Crippen LogP contribution in [0.2, 0.25) is 0 Å². The van der Waals surface area contributed by atoms with E-state index in [9.17, 15) is 19.5 Å². The molecule has 1 heterocycles. The number of carbonyl (C=O) groups is 3. The molecule has 0 aromatic rings. The van der Waals surface area contributed by atoms with Gasteiger partial charge in [0.25, 0.3) is 0 Å². The number of nitrogens with one attached hydrogen (secondary N) is 3. The minimum atomic E-state index is -1.17. The fraction of sp³-hybridized carbons (Fsp3) is 0.550. The molecule has 154 valence electrons. The molecule has 1 aliphatic carbocycles. The van der Waals surface area contributed by atoms with Crippen LogP contribution >= 0.6 is 0 Å². The maximum atomic E-state index is 12.2. The average Bonchev–Trinajstić information content (AvgIpc) is 2.94. The van der Waals surface area contributed by atoms with Crippen LogP contribution in [0.25, 0.3) is 0 Å². The van der Waals surface area contributed by atoms with Crippen molar-refractivity contribution in [3.63, 3.8) is 0 Å². The summed E-state index contributed by atoms with van der Waals surface area (Å²) in [5.74, 6) is -1.11. The minimum Gasteiger partial charge on any atom is -0.497 e. The van der Waals surface area contributed by atoms with Gasteiger partial charge in [0.1, 0.15) is 11.8 Å². The van der Waals surface area contributed by atoms with Crippen molar-refractivity contribution in [1.29, 1.82) is 0 Å². The van der Waals surface area contributed by atoms with E-state index in [1.807, 2.05) is 24.3 Å². The number of aliphatic carboxylic acids is 1. The third-order valence-electron chi connectivity index (χ3n) is 4.84. The van der Waals surface area contributed by atoms with Crippen molar-refractivity contribution in [2.24, 2.45) is 5.92 Å². The summed E-state index contributed by atoms with van der Waals surface area (Å²) in [5.41, 5.74) is 1.06. The number of methoxy groups -OCH3 is 1. The molecule has 2 aliphatic rings. The van der Waals surface area contributed by atoms with E-state index in [2.05, 4.69) is 16.0 Å². The van der Waals surface area contributed by atoms with Gasteiger partial charge in [-0.1, -0.05) is 17.7 Å². The summed E-state index contributed by atoms with van der Waals surface area (Å²) >= 11 is 0. The molecular formula is C20H29N3O5. The summed E-state index contributed by atoms with van der Waals surface area (Å²) in [4.78, 5) is 35.7. The number of carboxylic acid groups (broad SMARTS) is 1. The fourth-order valence-corrected chi connectivity index (χ4v) is 3.13. The number of hydrogen-bond donors (Lipinski definition) is 4. The third-order valence-corrected chi connectivity index (χ3v) is 4.84. The van der Waals surface area contributed by atoms with E-state index in [0.29, 0.717) is 19.4 Å². The highest BCUT2D eigenvalue weighted by Gasteiger charge is 2.24. The van der Waals surface area contributed by atoms with E-state index in [0.717, 1.165) is 30.7 Å². The van der Waals surface area contributed by atoms with Crippen LogP contribution in [0.3, 0.4) is 0 Å². The third kappa shape index (κ3) is 7.19. The lowest BCUT2D eigenvalue weighted by Gasteiger charge is -2.23. The SMILES string of the molecule is COC1=CC=C(CCC(=O)N[C@H](CNC(=O)[C@@H]2CCCNC2)C(=O)O)CC=C1. The average molecular weight is 391 g/mol. The van der Waals surface area contributed by atoms with Gasteiger partial charge in [-0.05, 0) is 44.4 Å². The van der Waals surface area contributed by atoms with Gasteiger partial charge in [0.15, 0.2) is 0 Å². The summed E-state index contributed by atoms with van der Waals surface area (Å²) in [6.45, 7) is 1.37. The van der Waals surface area contributed by atoms with Gasteiger partial charge in [0.05, 0.1) is 13.0 Å². The van der Waals surface area contributed by atoms with Gasteiger partial charge in [-0.2, -0.15) is 0 Å². The first kappa shape index (κ1) is 21.7. The zero-order valence-corrected chi connectivity index (χ0v) is 16.2. The van der Waals surface area contributed by atoms with E-state index in [1.165, 1.54) is 0 Å². The Morgan fingerprint density at radius 2 is 2.18 bits per heavy atom. The van der Waals surface area contributed by atoms with Crippen LogP contribution in [-0.4, -0.2) is 55.7 Å². The lowest BCUT2D eigenvalue weighted by Crippen LogP contribution is -2.50. The van der Waals surface area contributed by atoms with Crippen molar-refractivity contribution >= 4 is 17.8 Å². The second-order valence-electron chi connectivity index (χ2n) is 6.95.